The minimum atomic E-state index is -0.450. The van der Waals surface area contributed by atoms with E-state index in [-0.39, 0.29) is 10.8 Å². The van der Waals surface area contributed by atoms with Crippen molar-refractivity contribution >= 4 is 0 Å². The van der Waals surface area contributed by atoms with E-state index in [1.54, 1.807) is 0 Å². The summed E-state index contributed by atoms with van der Waals surface area (Å²) >= 11 is 0. The second-order valence-electron chi connectivity index (χ2n) is 5.87. The van der Waals surface area contributed by atoms with Crippen molar-refractivity contribution in [2.45, 2.75) is 47.6 Å². The van der Waals surface area contributed by atoms with Crippen molar-refractivity contribution in [3.63, 3.8) is 0 Å². The van der Waals surface area contributed by atoms with E-state index in [1.807, 2.05) is 39.8 Å². The maximum absolute atomic E-state index is 10.1. The number of aliphatic hydroxyl groups excluding tert-OH is 1. The van der Waals surface area contributed by atoms with Gasteiger partial charge in [0.15, 0.2) is 0 Å². The molecule has 0 aliphatic carbocycles. The molecule has 0 saturated carbocycles. The molecule has 1 atom stereocenters. The highest BCUT2D eigenvalue weighted by atomic mass is 16.3. The van der Waals surface area contributed by atoms with Crippen LogP contribution in [0.5, 0.6) is 0 Å². The molecule has 0 aromatic carbocycles. The van der Waals surface area contributed by atoms with Crippen LogP contribution in [0, 0.1) is 10.8 Å². The SMILES string of the molecule is C=CC(C)(C)C=CC(C)(C)C(O)C=C(C)C. The molecule has 0 fully saturated rings. The molecule has 1 heteroatoms. The average Bonchev–Trinajstić information content (AvgIpc) is 2.14. The Labute approximate surface area is 101 Å². The van der Waals surface area contributed by atoms with Crippen LogP contribution in [0.2, 0.25) is 0 Å². The number of hydrogen-bond acceptors (Lipinski definition) is 1. The quantitative estimate of drug-likeness (QED) is 0.694. The third kappa shape index (κ3) is 5.32. The third-order valence-electron chi connectivity index (χ3n) is 2.72. The van der Waals surface area contributed by atoms with Crippen LogP contribution in [0.25, 0.3) is 0 Å². The molecule has 0 aromatic heterocycles. The number of hydrogen-bond donors (Lipinski definition) is 1. The molecule has 1 N–H and O–H groups in total. The second kappa shape index (κ2) is 5.49. The Balaban J connectivity index is 4.81. The van der Waals surface area contributed by atoms with Crippen LogP contribution in [0.1, 0.15) is 41.5 Å². The van der Waals surface area contributed by atoms with Crippen LogP contribution in [-0.4, -0.2) is 11.2 Å². The van der Waals surface area contributed by atoms with Crippen LogP contribution < -0.4 is 0 Å². The average molecular weight is 222 g/mol. The molecular formula is C15H26O. The van der Waals surface area contributed by atoms with E-state index >= 15 is 0 Å². The second-order valence-corrected chi connectivity index (χ2v) is 5.87. The van der Waals surface area contributed by atoms with Crippen molar-refractivity contribution in [1.29, 1.82) is 0 Å². The van der Waals surface area contributed by atoms with Gasteiger partial charge in [0.25, 0.3) is 0 Å². The summed E-state index contributed by atoms with van der Waals surface area (Å²) in [5.74, 6) is 0. The van der Waals surface area contributed by atoms with Gasteiger partial charge in [-0.25, -0.2) is 0 Å². The normalized spacial score (nSPS) is 14.9. The predicted octanol–water partition coefficient (Wildman–Crippen LogP) is 4.11. The Morgan fingerprint density at radius 1 is 1.12 bits per heavy atom. The van der Waals surface area contributed by atoms with Crippen LogP contribution in [0.4, 0.5) is 0 Å². The number of aliphatic hydroxyl groups is 1. The van der Waals surface area contributed by atoms with Crippen molar-refractivity contribution in [2.24, 2.45) is 10.8 Å². The first kappa shape index (κ1) is 15.2. The molecule has 0 aliphatic heterocycles. The zero-order chi connectivity index (χ0) is 13.0. The summed E-state index contributed by atoms with van der Waals surface area (Å²) in [6.07, 6.45) is 7.52. The smallest absolute Gasteiger partial charge is 0.0808 e. The lowest BCUT2D eigenvalue weighted by Gasteiger charge is -2.27. The lowest BCUT2D eigenvalue weighted by Crippen LogP contribution is -2.26. The van der Waals surface area contributed by atoms with E-state index in [9.17, 15) is 5.11 Å². The van der Waals surface area contributed by atoms with Gasteiger partial charge in [-0.05, 0) is 13.8 Å². The Hall–Kier alpha value is -0.820. The van der Waals surface area contributed by atoms with Gasteiger partial charge >= 0.3 is 0 Å². The fraction of sp³-hybridized carbons (Fsp3) is 0.600. The topological polar surface area (TPSA) is 20.2 Å². The van der Waals surface area contributed by atoms with Crippen molar-refractivity contribution < 1.29 is 5.11 Å². The maximum Gasteiger partial charge on any atom is 0.0808 e. The maximum atomic E-state index is 10.1. The summed E-state index contributed by atoms with van der Waals surface area (Å²) < 4.78 is 0. The van der Waals surface area contributed by atoms with Gasteiger partial charge in [0.05, 0.1) is 6.10 Å². The van der Waals surface area contributed by atoms with Gasteiger partial charge in [0, 0.05) is 10.8 Å². The lowest BCUT2D eigenvalue weighted by molar-refractivity contribution is 0.125. The molecule has 0 bridgehead atoms. The first-order valence-electron chi connectivity index (χ1n) is 5.78. The highest BCUT2D eigenvalue weighted by Crippen LogP contribution is 2.28. The minimum absolute atomic E-state index is 0.0258. The molecule has 16 heavy (non-hydrogen) atoms. The standard InChI is InChI=1S/C15H26O/c1-8-14(4,5)9-10-15(6,7)13(16)11-12(2)3/h8-11,13,16H,1H2,2-7H3. The van der Waals surface area contributed by atoms with Gasteiger partial charge in [0.1, 0.15) is 0 Å². The van der Waals surface area contributed by atoms with Crippen LogP contribution in [0.15, 0.2) is 36.5 Å². The molecule has 0 amide bonds. The molecule has 0 aliphatic rings. The van der Waals surface area contributed by atoms with Crippen molar-refractivity contribution in [3.8, 4) is 0 Å². The van der Waals surface area contributed by atoms with E-state index in [0.29, 0.717) is 0 Å². The Bertz CT molecular complexity index is 289. The molecule has 0 aromatic rings. The molecule has 0 heterocycles. The zero-order valence-electron chi connectivity index (χ0n) is 11.5. The molecule has 0 radical (unpaired) electrons. The molecule has 1 unspecified atom stereocenters. The van der Waals surface area contributed by atoms with Crippen LogP contribution >= 0.6 is 0 Å². The summed E-state index contributed by atoms with van der Waals surface area (Å²) in [6, 6.07) is 0. The molecule has 1 nitrogen and oxygen atoms in total. The monoisotopic (exact) mass is 222 g/mol. The summed E-state index contributed by atoms with van der Waals surface area (Å²) in [5, 5.41) is 10.1. The Morgan fingerprint density at radius 2 is 1.62 bits per heavy atom. The molecule has 0 rings (SSSR count). The van der Waals surface area contributed by atoms with Gasteiger partial charge in [-0.1, -0.05) is 57.6 Å². The van der Waals surface area contributed by atoms with Crippen molar-refractivity contribution in [3.05, 3.63) is 36.5 Å². The summed E-state index contributed by atoms with van der Waals surface area (Å²) in [7, 11) is 0. The van der Waals surface area contributed by atoms with E-state index in [2.05, 4.69) is 32.6 Å². The Kier molecular flexibility index (Phi) is 5.21. The predicted molar refractivity (Wildman–Crippen MR) is 72.3 cm³/mol. The van der Waals surface area contributed by atoms with Crippen molar-refractivity contribution in [2.75, 3.05) is 0 Å². The van der Waals surface area contributed by atoms with Gasteiger partial charge in [-0.2, -0.15) is 0 Å². The molecular weight excluding hydrogens is 196 g/mol. The first-order valence-corrected chi connectivity index (χ1v) is 5.78. The van der Waals surface area contributed by atoms with Crippen LogP contribution in [-0.2, 0) is 0 Å². The molecule has 0 spiro atoms. The fourth-order valence-corrected chi connectivity index (χ4v) is 1.13. The lowest BCUT2D eigenvalue weighted by atomic mass is 9.82. The summed E-state index contributed by atoms with van der Waals surface area (Å²) in [6.45, 7) is 16.1. The van der Waals surface area contributed by atoms with E-state index in [1.165, 1.54) is 0 Å². The van der Waals surface area contributed by atoms with Gasteiger partial charge < -0.3 is 5.11 Å². The zero-order valence-corrected chi connectivity index (χ0v) is 11.5. The summed E-state index contributed by atoms with van der Waals surface area (Å²) in [5.41, 5.74) is 0.858. The minimum Gasteiger partial charge on any atom is -0.388 e. The van der Waals surface area contributed by atoms with E-state index in [0.717, 1.165) is 5.57 Å². The highest BCUT2D eigenvalue weighted by molar-refractivity contribution is 5.13. The number of rotatable bonds is 5. The van der Waals surface area contributed by atoms with E-state index < -0.39 is 6.10 Å². The highest BCUT2D eigenvalue weighted by Gasteiger charge is 2.23. The first-order chi connectivity index (χ1) is 7.10. The summed E-state index contributed by atoms with van der Waals surface area (Å²) in [4.78, 5) is 0. The largest absolute Gasteiger partial charge is 0.388 e. The van der Waals surface area contributed by atoms with Crippen molar-refractivity contribution in [1.82, 2.24) is 0 Å². The number of allylic oxidation sites excluding steroid dienone is 3. The fourth-order valence-electron chi connectivity index (χ4n) is 1.13. The Morgan fingerprint density at radius 3 is 2.00 bits per heavy atom. The van der Waals surface area contributed by atoms with Gasteiger partial charge in [0.2, 0.25) is 0 Å². The van der Waals surface area contributed by atoms with E-state index in [4.69, 9.17) is 0 Å². The van der Waals surface area contributed by atoms with Gasteiger partial charge in [-0.3, -0.25) is 0 Å². The third-order valence-corrected chi connectivity index (χ3v) is 2.72. The molecule has 92 valence electrons. The van der Waals surface area contributed by atoms with Crippen LogP contribution in [0.3, 0.4) is 0 Å². The molecule has 0 saturated heterocycles. The van der Waals surface area contributed by atoms with Gasteiger partial charge in [-0.15, -0.1) is 6.58 Å².